The zero-order valence-corrected chi connectivity index (χ0v) is 22.8. The lowest BCUT2D eigenvalue weighted by Crippen LogP contribution is -2.29. The van der Waals surface area contributed by atoms with Crippen LogP contribution in [0.2, 0.25) is 0 Å². The minimum atomic E-state index is -4.43. The van der Waals surface area contributed by atoms with Crippen molar-refractivity contribution in [1.82, 2.24) is 0 Å². The molecule has 3 aromatic carbocycles. The fourth-order valence-electron chi connectivity index (χ4n) is 4.09. The van der Waals surface area contributed by atoms with Crippen LogP contribution < -0.4 is 4.72 Å². The third-order valence-electron chi connectivity index (χ3n) is 5.87. The van der Waals surface area contributed by atoms with Gasteiger partial charge in [0.1, 0.15) is 16.5 Å². The summed E-state index contributed by atoms with van der Waals surface area (Å²) in [5.74, 6) is -1.99. The summed E-state index contributed by atoms with van der Waals surface area (Å²) in [7, 11) is -3.20. The van der Waals surface area contributed by atoms with E-state index in [9.17, 15) is 22.7 Å². The molecule has 1 atom stereocenters. The van der Waals surface area contributed by atoms with Crippen LogP contribution in [0.4, 0.5) is 10.1 Å². The van der Waals surface area contributed by atoms with Crippen LogP contribution in [0.5, 0.6) is 5.75 Å². The van der Waals surface area contributed by atoms with Crippen LogP contribution in [0, 0.1) is 26.6 Å². The van der Waals surface area contributed by atoms with E-state index in [1.54, 1.807) is 34.6 Å². The van der Waals surface area contributed by atoms with Gasteiger partial charge in [-0.05, 0) is 70.4 Å². The Bertz CT molecular complexity index is 1430. The lowest BCUT2D eigenvalue weighted by molar-refractivity contribution is -0.164. The maximum atomic E-state index is 14.4. The third kappa shape index (κ3) is 5.94. The Kier molecular flexibility index (Phi) is 8.00. The summed E-state index contributed by atoms with van der Waals surface area (Å²) >= 11 is 0. The topological polar surface area (TPSA) is 102 Å². The van der Waals surface area contributed by atoms with Crippen molar-refractivity contribution in [3.8, 4) is 16.9 Å². The van der Waals surface area contributed by atoms with E-state index in [1.165, 1.54) is 19.2 Å². The van der Waals surface area contributed by atoms with Crippen LogP contribution in [-0.4, -0.2) is 32.2 Å². The number of carbonyl (C=O) groups excluding carboxylic acids is 1. The molecule has 0 aliphatic rings. The molecule has 0 saturated carbocycles. The average molecular weight is 530 g/mol. The molecule has 0 aliphatic heterocycles. The van der Waals surface area contributed by atoms with Crippen LogP contribution in [0.3, 0.4) is 0 Å². The van der Waals surface area contributed by atoms with Gasteiger partial charge in [0.05, 0.1) is 18.4 Å². The largest absolute Gasteiger partial charge is 0.505 e. The van der Waals surface area contributed by atoms with Crippen molar-refractivity contribution in [3.05, 3.63) is 76.6 Å². The molecular formula is C28H32FNO6S. The van der Waals surface area contributed by atoms with Crippen molar-refractivity contribution in [1.29, 1.82) is 0 Å². The number of phenols is 1. The highest BCUT2D eigenvalue weighted by molar-refractivity contribution is 7.92. The molecule has 0 fully saturated rings. The molecule has 37 heavy (non-hydrogen) atoms. The monoisotopic (exact) mass is 529 g/mol. The number of ether oxygens (including phenoxy) is 2. The van der Waals surface area contributed by atoms with Crippen molar-refractivity contribution in [2.45, 2.75) is 58.1 Å². The van der Waals surface area contributed by atoms with Crippen LogP contribution in [0.15, 0.2) is 53.4 Å². The van der Waals surface area contributed by atoms with Gasteiger partial charge in [-0.2, -0.15) is 0 Å². The summed E-state index contributed by atoms with van der Waals surface area (Å²) in [6.07, 6.45) is -1.25. The number of halogens is 1. The average Bonchev–Trinajstić information content (AvgIpc) is 2.82. The number of carbonyl (C=O) groups is 1. The highest BCUT2D eigenvalue weighted by Crippen LogP contribution is 2.46. The van der Waals surface area contributed by atoms with Gasteiger partial charge in [0, 0.05) is 11.1 Å². The van der Waals surface area contributed by atoms with Crippen LogP contribution >= 0.6 is 0 Å². The van der Waals surface area contributed by atoms with Crippen molar-refractivity contribution < 1.29 is 32.2 Å². The molecule has 7 nitrogen and oxygen atoms in total. The standard InChI is InChI=1S/C28H32FNO6S/c1-16-12-14-19(15-13-16)22-18(3)25(31)24(30-37(33,34)21-11-9-8-10-20(21)29)17(2)23(22)26(27(32)35-7)36-28(4,5)6/h8-15,26,30-31H,1-7H3/t26-/m0/s1. The maximum absolute atomic E-state index is 14.4. The summed E-state index contributed by atoms with van der Waals surface area (Å²) < 4.78 is 54.2. The second-order valence-corrected chi connectivity index (χ2v) is 11.4. The molecule has 2 N–H and O–H groups in total. The van der Waals surface area contributed by atoms with Crippen molar-refractivity contribution in [3.63, 3.8) is 0 Å². The SMILES string of the molecule is COC(=O)[C@@H](OC(C)(C)C)c1c(C)c(NS(=O)(=O)c2ccccc2F)c(O)c(C)c1-c1ccc(C)cc1. The Hall–Kier alpha value is -3.43. The number of benzene rings is 3. The Balaban J connectivity index is 2.37. The van der Waals surface area contributed by atoms with Crippen LogP contribution in [0.1, 0.15) is 49.1 Å². The number of sulfonamides is 1. The number of hydrogen-bond acceptors (Lipinski definition) is 6. The highest BCUT2D eigenvalue weighted by Gasteiger charge is 2.35. The summed E-state index contributed by atoms with van der Waals surface area (Å²) in [6.45, 7) is 10.4. The number of phenolic OH excluding ortho intramolecular Hbond substituents is 1. The first kappa shape index (κ1) is 28.1. The summed E-state index contributed by atoms with van der Waals surface area (Å²) in [5.41, 5.74) is 2.10. The minimum absolute atomic E-state index is 0.182. The van der Waals surface area contributed by atoms with E-state index in [2.05, 4.69) is 4.72 Å². The molecule has 9 heteroatoms. The Morgan fingerprint density at radius 2 is 1.59 bits per heavy atom. The Labute approximate surface area is 217 Å². The number of methoxy groups -OCH3 is 1. The summed E-state index contributed by atoms with van der Waals surface area (Å²) in [5, 5.41) is 11.2. The molecule has 0 aromatic heterocycles. The Morgan fingerprint density at radius 3 is 2.14 bits per heavy atom. The third-order valence-corrected chi connectivity index (χ3v) is 7.25. The zero-order chi connectivity index (χ0) is 27.7. The fraction of sp³-hybridized carbons (Fsp3) is 0.321. The second-order valence-electron chi connectivity index (χ2n) is 9.80. The first-order valence-electron chi connectivity index (χ1n) is 11.6. The predicted molar refractivity (Wildman–Crippen MR) is 141 cm³/mol. The number of anilines is 1. The smallest absolute Gasteiger partial charge is 0.339 e. The molecule has 0 saturated heterocycles. The summed E-state index contributed by atoms with van der Waals surface area (Å²) in [6, 6.07) is 12.4. The van der Waals surface area contributed by atoms with Gasteiger partial charge in [0.15, 0.2) is 6.10 Å². The van der Waals surface area contributed by atoms with E-state index in [0.717, 1.165) is 17.7 Å². The number of esters is 1. The highest BCUT2D eigenvalue weighted by atomic mass is 32.2. The van der Waals surface area contributed by atoms with Gasteiger partial charge in [0.25, 0.3) is 10.0 Å². The Morgan fingerprint density at radius 1 is 1.00 bits per heavy atom. The van der Waals surface area contributed by atoms with E-state index in [4.69, 9.17) is 9.47 Å². The van der Waals surface area contributed by atoms with Crippen LogP contribution in [-0.2, 0) is 24.3 Å². The van der Waals surface area contributed by atoms with Gasteiger partial charge in [-0.25, -0.2) is 17.6 Å². The quantitative estimate of drug-likeness (QED) is 0.290. The number of aryl methyl sites for hydroxylation is 1. The number of nitrogens with one attached hydrogen (secondary N) is 1. The van der Waals surface area contributed by atoms with E-state index in [0.29, 0.717) is 22.3 Å². The van der Waals surface area contributed by atoms with Gasteiger partial charge in [-0.15, -0.1) is 0 Å². The van der Waals surface area contributed by atoms with E-state index < -0.39 is 38.4 Å². The molecule has 3 aromatic rings. The van der Waals surface area contributed by atoms with Gasteiger partial charge >= 0.3 is 5.97 Å². The number of hydrogen-bond donors (Lipinski definition) is 2. The number of rotatable bonds is 7. The number of aromatic hydroxyl groups is 1. The molecule has 0 aliphatic carbocycles. The molecule has 0 amide bonds. The lowest BCUT2D eigenvalue weighted by atomic mass is 9.86. The van der Waals surface area contributed by atoms with Gasteiger partial charge in [-0.3, -0.25) is 4.72 Å². The second kappa shape index (κ2) is 10.5. The molecule has 3 rings (SSSR count). The molecule has 0 radical (unpaired) electrons. The molecule has 198 valence electrons. The molecule has 0 heterocycles. The lowest BCUT2D eigenvalue weighted by Gasteiger charge is -2.30. The van der Waals surface area contributed by atoms with Crippen molar-refractivity contribution in [2.24, 2.45) is 0 Å². The van der Waals surface area contributed by atoms with Crippen molar-refractivity contribution >= 4 is 21.7 Å². The maximum Gasteiger partial charge on any atom is 0.339 e. The van der Waals surface area contributed by atoms with Gasteiger partial charge < -0.3 is 14.6 Å². The predicted octanol–water partition coefficient (Wildman–Crippen LogP) is 5.95. The summed E-state index contributed by atoms with van der Waals surface area (Å²) in [4.78, 5) is 12.5. The van der Waals surface area contributed by atoms with Gasteiger partial charge in [0.2, 0.25) is 0 Å². The molecule has 0 spiro atoms. The van der Waals surface area contributed by atoms with E-state index >= 15 is 0 Å². The first-order valence-corrected chi connectivity index (χ1v) is 13.1. The fourth-order valence-corrected chi connectivity index (χ4v) is 5.30. The van der Waals surface area contributed by atoms with Gasteiger partial charge in [-0.1, -0.05) is 42.0 Å². The normalized spacial score (nSPS) is 12.8. The van der Waals surface area contributed by atoms with Crippen LogP contribution in [0.25, 0.3) is 11.1 Å². The molecule has 0 unspecified atom stereocenters. The molecule has 0 bridgehead atoms. The first-order chi connectivity index (χ1) is 17.2. The van der Waals surface area contributed by atoms with E-state index in [1.807, 2.05) is 31.2 Å². The van der Waals surface area contributed by atoms with E-state index in [-0.39, 0.29) is 17.0 Å². The molecular weight excluding hydrogens is 497 g/mol. The van der Waals surface area contributed by atoms with Crippen molar-refractivity contribution in [2.75, 3.05) is 11.8 Å². The minimum Gasteiger partial charge on any atom is -0.505 e. The zero-order valence-electron chi connectivity index (χ0n) is 22.0.